The third kappa shape index (κ3) is 2.36. The van der Waals surface area contributed by atoms with Crippen molar-refractivity contribution in [3.63, 3.8) is 0 Å². The zero-order chi connectivity index (χ0) is 13.8. The molecule has 0 spiro atoms. The summed E-state index contributed by atoms with van der Waals surface area (Å²) in [6, 6.07) is 19.4. The number of hydrogen-bond donors (Lipinski definition) is 0. The largest absolute Gasteiger partial charge is 0.271 e. The topological polar surface area (TPSA) is 47.8 Å². The van der Waals surface area contributed by atoms with E-state index in [1.807, 2.05) is 60.7 Å². The first-order valence-electron chi connectivity index (χ1n) is 6.35. The highest BCUT2D eigenvalue weighted by Crippen LogP contribution is 2.25. The molecule has 3 aromatic rings. The highest BCUT2D eigenvalue weighted by atomic mass is 16.2. The summed E-state index contributed by atoms with van der Waals surface area (Å²) in [4.78, 5) is 16.5. The highest BCUT2D eigenvalue weighted by molar-refractivity contribution is 5.88. The summed E-state index contributed by atoms with van der Waals surface area (Å²) in [7, 11) is 0. The van der Waals surface area contributed by atoms with Crippen LogP contribution in [0.3, 0.4) is 0 Å². The van der Waals surface area contributed by atoms with E-state index in [1.54, 1.807) is 0 Å². The minimum atomic E-state index is -0.376. The first-order valence-corrected chi connectivity index (χ1v) is 6.35. The Bertz CT molecular complexity index is 639. The van der Waals surface area contributed by atoms with Crippen molar-refractivity contribution in [1.82, 2.24) is 14.8 Å². The van der Waals surface area contributed by atoms with E-state index in [-0.39, 0.29) is 11.8 Å². The van der Waals surface area contributed by atoms with Crippen molar-refractivity contribution in [2.45, 2.75) is 5.92 Å². The van der Waals surface area contributed by atoms with Crippen molar-refractivity contribution < 1.29 is 4.79 Å². The van der Waals surface area contributed by atoms with Gasteiger partial charge in [-0.1, -0.05) is 60.7 Å². The Hall–Kier alpha value is -2.75. The van der Waals surface area contributed by atoms with Crippen LogP contribution in [-0.4, -0.2) is 20.7 Å². The lowest BCUT2D eigenvalue weighted by molar-refractivity contribution is 0.0876. The molecule has 0 aliphatic heterocycles. The molecule has 0 aliphatic carbocycles. The highest BCUT2D eigenvalue weighted by Gasteiger charge is 2.24. The Labute approximate surface area is 116 Å². The van der Waals surface area contributed by atoms with Gasteiger partial charge >= 0.3 is 0 Å². The number of carbonyl (C=O) groups excluding carboxylic acids is 1. The summed E-state index contributed by atoms with van der Waals surface area (Å²) >= 11 is 0. The van der Waals surface area contributed by atoms with Crippen LogP contribution in [0.4, 0.5) is 0 Å². The molecule has 2 aromatic carbocycles. The average Bonchev–Trinajstić information content (AvgIpc) is 3.04. The molecular formula is C16H13N3O. The van der Waals surface area contributed by atoms with Crippen LogP contribution in [-0.2, 0) is 0 Å². The van der Waals surface area contributed by atoms with Gasteiger partial charge in [-0.25, -0.2) is 4.98 Å². The van der Waals surface area contributed by atoms with Gasteiger partial charge in [-0.3, -0.25) is 4.79 Å². The molecule has 0 bridgehead atoms. The molecule has 0 amide bonds. The lowest BCUT2D eigenvalue weighted by Crippen LogP contribution is -2.21. The molecule has 4 nitrogen and oxygen atoms in total. The summed E-state index contributed by atoms with van der Waals surface area (Å²) in [6.45, 7) is 0. The number of nitrogens with zero attached hydrogens (tertiary/aromatic N) is 3. The van der Waals surface area contributed by atoms with Gasteiger partial charge in [0.05, 0.1) is 5.92 Å². The fourth-order valence-corrected chi connectivity index (χ4v) is 2.22. The zero-order valence-corrected chi connectivity index (χ0v) is 10.8. The van der Waals surface area contributed by atoms with Gasteiger partial charge in [0.15, 0.2) is 0 Å². The van der Waals surface area contributed by atoms with Crippen LogP contribution in [0.2, 0.25) is 0 Å². The van der Waals surface area contributed by atoms with Crippen molar-refractivity contribution in [3.8, 4) is 0 Å². The second-order valence-corrected chi connectivity index (χ2v) is 4.43. The second-order valence-electron chi connectivity index (χ2n) is 4.43. The number of aromatic nitrogens is 3. The van der Waals surface area contributed by atoms with Crippen LogP contribution >= 0.6 is 0 Å². The average molecular weight is 263 g/mol. The van der Waals surface area contributed by atoms with E-state index in [2.05, 4.69) is 10.1 Å². The van der Waals surface area contributed by atoms with Crippen molar-refractivity contribution in [1.29, 1.82) is 0 Å². The van der Waals surface area contributed by atoms with E-state index in [1.165, 1.54) is 17.3 Å². The third-order valence-corrected chi connectivity index (χ3v) is 3.16. The first kappa shape index (κ1) is 12.3. The molecule has 1 heterocycles. The standard InChI is InChI=1S/C16H13N3O/c20-16(19-12-17-11-18-19)15(13-7-3-1-4-8-13)14-9-5-2-6-10-14/h1-12,15H. The van der Waals surface area contributed by atoms with Crippen molar-refractivity contribution in [2.24, 2.45) is 0 Å². The second kappa shape index (κ2) is 5.48. The summed E-state index contributed by atoms with van der Waals surface area (Å²) in [5, 5.41) is 3.94. The Balaban J connectivity index is 2.07. The van der Waals surface area contributed by atoms with Gasteiger partial charge in [0, 0.05) is 0 Å². The quantitative estimate of drug-likeness (QED) is 0.730. The Morgan fingerprint density at radius 3 is 1.90 bits per heavy atom. The predicted molar refractivity (Wildman–Crippen MR) is 75.4 cm³/mol. The van der Waals surface area contributed by atoms with E-state index >= 15 is 0 Å². The summed E-state index contributed by atoms with van der Waals surface area (Å²) in [5.74, 6) is -0.487. The molecule has 0 atom stereocenters. The molecule has 0 saturated heterocycles. The summed E-state index contributed by atoms with van der Waals surface area (Å²) < 4.78 is 1.28. The van der Waals surface area contributed by atoms with Crippen LogP contribution < -0.4 is 0 Å². The normalized spacial score (nSPS) is 10.7. The van der Waals surface area contributed by atoms with Crippen molar-refractivity contribution in [3.05, 3.63) is 84.4 Å². The van der Waals surface area contributed by atoms with E-state index in [4.69, 9.17) is 0 Å². The molecule has 98 valence electrons. The summed E-state index contributed by atoms with van der Waals surface area (Å²) in [6.07, 6.45) is 2.80. The Morgan fingerprint density at radius 2 is 1.45 bits per heavy atom. The molecule has 0 unspecified atom stereocenters. The zero-order valence-electron chi connectivity index (χ0n) is 10.8. The van der Waals surface area contributed by atoms with Gasteiger partial charge in [0.25, 0.3) is 5.91 Å². The minimum absolute atomic E-state index is 0.111. The van der Waals surface area contributed by atoms with E-state index in [0.717, 1.165) is 11.1 Å². The third-order valence-electron chi connectivity index (χ3n) is 3.16. The molecule has 0 aliphatic rings. The van der Waals surface area contributed by atoms with Gasteiger partial charge in [-0.05, 0) is 11.1 Å². The molecule has 0 fully saturated rings. The first-order chi connectivity index (χ1) is 9.86. The molecule has 20 heavy (non-hydrogen) atoms. The molecule has 0 radical (unpaired) electrons. The molecule has 0 N–H and O–H groups in total. The number of carbonyl (C=O) groups is 1. The van der Waals surface area contributed by atoms with Crippen LogP contribution in [0.25, 0.3) is 0 Å². The minimum Gasteiger partial charge on any atom is -0.271 e. The van der Waals surface area contributed by atoms with Gasteiger partial charge in [-0.2, -0.15) is 9.78 Å². The van der Waals surface area contributed by atoms with Crippen LogP contribution in [0, 0.1) is 0 Å². The maximum atomic E-state index is 12.7. The maximum Gasteiger partial charge on any atom is 0.260 e. The Morgan fingerprint density at radius 1 is 0.900 bits per heavy atom. The Kier molecular flexibility index (Phi) is 3.37. The van der Waals surface area contributed by atoms with Gasteiger partial charge in [0.2, 0.25) is 0 Å². The molecule has 0 saturated carbocycles. The molecule has 1 aromatic heterocycles. The fraction of sp³-hybridized carbons (Fsp3) is 0.0625. The van der Waals surface area contributed by atoms with Crippen LogP contribution in [0.5, 0.6) is 0 Å². The van der Waals surface area contributed by atoms with E-state index in [0.29, 0.717) is 0 Å². The van der Waals surface area contributed by atoms with Gasteiger partial charge < -0.3 is 0 Å². The van der Waals surface area contributed by atoms with Crippen LogP contribution in [0.15, 0.2) is 73.3 Å². The lowest BCUT2D eigenvalue weighted by atomic mass is 9.90. The SMILES string of the molecule is O=C(C(c1ccccc1)c1ccccc1)n1cncn1. The van der Waals surface area contributed by atoms with Gasteiger partial charge in [-0.15, -0.1) is 0 Å². The maximum absolute atomic E-state index is 12.7. The lowest BCUT2D eigenvalue weighted by Gasteiger charge is -2.16. The molecular weight excluding hydrogens is 250 g/mol. The predicted octanol–water partition coefficient (Wildman–Crippen LogP) is 2.75. The fourth-order valence-electron chi connectivity index (χ4n) is 2.22. The summed E-state index contributed by atoms with van der Waals surface area (Å²) in [5.41, 5.74) is 1.89. The molecule has 3 rings (SSSR count). The monoisotopic (exact) mass is 263 g/mol. The van der Waals surface area contributed by atoms with E-state index < -0.39 is 0 Å². The van der Waals surface area contributed by atoms with Crippen LogP contribution in [0.1, 0.15) is 21.8 Å². The number of hydrogen-bond acceptors (Lipinski definition) is 3. The number of benzene rings is 2. The number of rotatable bonds is 3. The van der Waals surface area contributed by atoms with Gasteiger partial charge in [0.1, 0.15) is 12.7 Å². The van der Waals surface area contributed by atoms with E-state index in [9.17, 15) is 4.79 Å². The molecule has 4 heteroatoms. The smallest absolute Gasteiger partial charge is 0.260 e. The van der Waals surface area contributed by atoms with Crippen molar-refractivity contribution in [2.75, 3.05) is 0 Å². The van der Waals surface area contributed by atoms with Crippen molar-refractivity contribution >= 4 is 5.91 Å².